The van der Waals surface area contributed by atoms with Crippen LogP contribution in [-0.2, 0) is 0 Å². The molecule has 1 aromatic heterocycles. The molecule has 18 heavy (non-hydrogen) atoms. The molecule has 5 heteroatoms. The molecule has 1 aromatic carbocycles. The Bertz CT molecular complexity index is 574. The molecule has 0 atom stereocenters. The van der Waals surface area contributed by atoms with Crippen LogP contribution in [0.2, 0.25) is 0 Å². The Balaban J connectivity index is 2.06. The predicted molar refractivity (Wildman–Crippen MR) is 70.1 cm³/mol. The van der Waals surface area contributed by atoms with Gasteiger partial charge in [0.15, 0.2) is 5.78 Å². The maximum atomic E-state index is 13.4. The quantitative estimate of drug-likeness (QED) is 0.680. The molecular weight excluding hydrogens is 251 g/mol. The molecule has 0 saturated carbocycles. The summed E-state index contributed by atoms with van der Waals surface area (Å²) in [6, 6.07) is 7.92. The van der Waals surface area contributed by atoms with E-state index in [0.29, 0.717) is 16.1 Å². The smallest absolute Gasteiger partial charge is 0.176 e. The topological polar surface area (TPSA) is 56.0 Å². The van der Waals surface area contributed by atoms with Crippen molar-refractivity contribution in [3.63, 3.8) is 0 Å². The third kappa shape index (κ3) is 2.87. The number of carbonyl (C=O) groups is 1. The number of rotatable bonds is 4. The highest BCUT2D eigenvalue weighted by Gasteiger charge is 2.11. The number of halogens is 1. The molecule has 0 saturated heterocycles. The first-order valence-electron chi connectivity index (χ1n) is 5.28. The number of aromatic nitrogens is 1. The van der Waals surface area contributed by atoms with Gasteiger partial charge < -0.3 is 5.73 Å². The molecule has 2 aromatic rings. The number of thioether (sulfide) groups is 1. The number of pyridine rings is 1. The minimum atomic E-state index is -0.325. The van der Waals surface area contributed by atoms with E-state index in [9.17, 15) is 9.18 Å². The summed E-state index contributed by atoms with van der Waals surface area (Å²) in [6.45, 7) is 0. The summed E-state index contributed by atoms with van der Waals surface area (Å²) in [5, 5.41) is 0. The standard InChI is InChI=1S/C13H11FN2OS/c14-10-3-1-2-4-13(10)18-8-12(17)9-7-16-6-5-11(9)15/h1-7H,8H2,(H2,15,16). The number of benzene rings is 1. The second-order valence-corrected chi connectivity index (χ2v) is 4.62. The van der Waals surface area contributed by atoms with E-state index in [1.807, 2.05) is 0 Å². The Hall–Kier alpha value is -1.88. The average molecular weight is 262 g/mol. The lowest BCUT2D eigenvalue weighted by molar-refractivity contribution is 0.102. The van der Waals surface area contributed by atoms with Crippen LogP contribution in [0.4, 0.5) is 10.1 Å². The van der Waals surface area contributed by atoms with Crippen molar-refractivity contribution in [3.8, 4) is 0 Å². The Morgan fingerprint density at radius 1 is 1.33 bits per heavy atom. The molecule has 0 aliphatic carbocycles. The van der Waals surface area contributed by atoms with Gasteiger partial charge in [0.1, 0.15) is 5.82 Å². The normalized spacial score (nSPS) is 10.3. The largest absolute Gasteiger partial charge is 0.398 e. The SMILES string of the molecule is Nc1ccncc1C(=O)CSc1ccccc1F. The highest BCUT2D eigenvalue weighted by molar-refractivity contribution is 8.00. The van der Waals surface area contributed by atoms with E-state index in [4.69, 9.17) is 5.73 Å². The van der Waals surface area contributed by atoms with E-state index in [1.165, 1.54) is 18.5 Å². The molecule has 3 nitrogen and oxygen atoms in total. The number of ketones is 1. The van der Waals surface area contributed by atoms with Crippen molar-refractivity contribution in [3.05, 3.63) is 54.1 Å². The minimum Gasteiger partial charge on any atom is -0.398 e. The third-order valence-electron chi connectivity index (χ3n) is 2.35. The summed E-state index contributed by atoms with van der Waals surface area (Å²) in [4.78, 5) is 16.2. The predicted octanol–water partition coefficient (Wildman–Crippen LogP) is 2.78. The zero-order valence-corrected chi connectivity index (χ0v) is 10.3. The zero-order valence-electron chi connectivity index (χ0n) is 9.47. The highest BCUT2D eigenvalue weighted by atomic mass is 32.2. The second kappa shape index (κ2) is 5.64. The molecular formula is C13H11FN2OS. The van der Waals surface area contributed by atoms with Gasteiger partial charge in [0.05, 0.1) is 11.3 Å². The summed E-state index contributed by atoms with van der Waals surface area (Å²) in [6.07, 6.45) is 2.95. The van der Waals surface area contributed by atoms with E-state index in [1.54, 1.807) is 24.3 Å². The Kier molecular flexibility index (Phi) is 3.94. The summed E-state index contributed by atoms with van der Waals surface area (Å²) in [5.74, 6) is -0.347. The first kappa shape index (κ1) is 12.6. The Morgan fingerprint density at radius 2 is 2.11 bits per heavy atom. The molecule has 0 radical (unpaired) electrons. The Labute approximate surface area is 108 Å². The summed E-state index contributed by atoms with van der Waals surface area (Å²) >= 11 is 1.15. The van der Waals surface area contributed by atoms with Crippen molar-refractivity contribution < 1.29 is 9.18 Å². The third-order valence-corrected chi connectivity index (χ3v) is 3.40. The number of nitrogens with two attached hydrogens (primary N) is 1. The molecule has 0 unspecified atom stereocenters. The number of anilines is 1. The van der Waals surface area contributed by atoms with E-state index in [2.05, 4.69) is 4.98 Å². The summed E-state index contributed by atoms with van der Waals surface area (Å²) < 4.78 is 13.4. The van der Waals surface area contributed by atoms with E-state index in [-0.39, 0.29) is 17.4 Å². The number of hydrogen-bond acceptors (Lipinski definition) is 4. The van der Waals surface area contributed by atoms with Gasteiger partial charge in [-0.15, -0.1) is 11.8 Å². The second-order valence-electron chi connectivity index (χ2n) is 3.61. The molecule has 0 fully saturated rings. The molecule has 92 valence electrons. The fourth-order valence-electron chi connectivity index (χ4n) is 1.42. The maximum absolute atomic E-state index is 13.4. The van der Waals surface area contributed by atoms with Crippen molar-refractivity contribution in [2.45, 2.75) is 4.90 Å². The lowest BCUT2D eigenvalue weighted by Gasteiger charge is -2.04. The average Bonchev–Trinajstić information content (AvgIpc) is 2.38. The van der Waals surface area contributed by atoms with Crippen LogP contribution in [0.3, 0.4) is 0 Å². The van der Waals surface area contributed by atoms with Gasteiger partial charge in [0.25, 0.3) is 0 Å². The molecule has 0 aliphatic rings. The van der Waals surface area contributed by atoms with Crippen LogP contribution in [-0.4, -0.2) is 16.5 Å². The van der Waals surface area contributed by atoms with Gasteiger partial charge in [0, 0.05) is 23.0 Å². The van der Waals surface area contributed by atoms with Gasteiger partial charge in [-0.3, -0.25) is 9.78 Å². The molecule has 0 bridgehead atoms. The fraction of sp³-hybridized carbons (Fsp3) is 0.0769. The molecule has 2 rings (SSSR count). The van der Waals surface area contributed by atoms with Gasteiger partial charge in [-0.05, 0) is 18.2 Å². The highest BCUT2D eigenvalue weighted by Crippen LogP contribution is 2.23. The van der Waals surface area contributed by atoms with Crippen LogP contribution in [0.1, 0.15) is 10.4 Å². The van der Waals surface area contributed by atoms with Crippen LogP contribution < -0.4 is 5.73 Å². The van der Waals surface area contributed by atoms with Crippen LogP contribution in [0.15, 0.2) is 47.6 Å². The van der Waals surface area contributed by atoms with E-state index in [0.717, 1.165) is 11.8 Å². The monoisotopic (exact) mass is 262 g/mol. The van der Waals surface area contributed by atoms with Crippen molar-refractivity contribution in [1.29, 1.82) is 0 Å². The molecule has 0 amide bonds. The summed E-state index contributed by atoms with van der Waals surface area (Å²) in [7, 11) is 0. The first-order valence-corrected chi connectivity index (χ1v) is 6.27. The number of nitrogen functional groups attached to an aromatic ring is 1. The van der Waals surface area contributed by atoms with Crippen LogP contribution in [0, 0.1) is 5.82 Å². The van der Waals surface area contributed by atoms with Crippen LogP contribution >= 0.6 is 11.8 Å². The fourth-order valence-corrected chi connectivity index (χ4v) is 2.24. The van der Waals surface area contributed by atoms with E-state index < -0.39 is 0 Å². The van der Waals surface area contributed by atoms with Crippen molar-refractivity contribution >= 4 is 23.2 Å². The van der Waals surface area contributed by atoms with Crippen molar-refractivity contribution in [2.75, 3.05) is 11.5 Å². The lowest BCUT2D eigenvalue weighted by atomic mass is 10.2. The molecule has 0 aliphatic heterocycles. The minimum absolute atomic E-state index is 0.136. The summed E-state index contributed by atoms with van der Waals surface area (Å²) in [5.41, 5.74) is 6.45. The van der Waals surface area contributed by atoms with Gasteiger partial charge in [-0.1, -0.05) is 12.1 Å². The van der Waals surface area contributed by atoms with Crippen molar-refractivity contribution in [2.24, 2.45) is 0 Å². The van der Waals surface area contributed by atoms with Crippen LogP contribution in [0.5, 0.6) is 0 Å². The molecule has 2 N–H and O–H groups in total. The van der Waals surface area contributed by atoms with E-state index >= 15 is 0 Å². The maximum Gasteiger partial charge on any atom is 0.176 e. The zero-order chi connectivity index (χ0) is 13.0. The molecule has 0 spiro atoms. The number of carbonyl (C=O) groups excluding carboxylic acids is 1. The Morgan fingerprint density at radius 3 is 2.83 bits per heavy atom. The van der Waals surface area contributed by atoms with Crippen molar-refractivity contribution in [1.82, 2.24) is 4.98 Å². The number of Topliss-reactive ketones (excluding diaryl/α,β-unsaturated/α-hetero) is 1. The lowest BCUT2D eigenvalue weighted by Crippen LogP contribution is -2.06. The van der Waals surface area contributed by atoms with Gasteiger partial charge in [-0.2, -0.15) is 0 Å². The van der Waals surface area contributed by atoms with Gasteiger partial charge in [0.2, 0.25) is 0 Å². The van der Waals surface area contributed by atoms with Crippen LogP contribution in [0.25, 0.3) is 0 Å². The first-order chi connectivity index (χ1) is 8.68. The number of nitrogens with zero attached hydrogens (tertiary/aromatic N) is 1. The number of hydrogen-bond donors (Lipinski definition) is 1. The van der Waals surface area contributed by atoms with Gasteiger partial charge in [-0.25, -0.2) is 4.39 Å². The molecule has 1 heterocycles. The van der Waals surface area contributed by atoms with Gasteiger partial charge >= 0.3 is 0 Å².